The third kappa shape index (κ3) is 3.74. The largest absolute Gasteiger partial charge is 0.481 e. The molecule has 0 bridgehead atoms. The van der Waals surface area contributed by atoms with E-state index in [9.17, 15) is 13.2 Å². The summed E-state index contributed by atoms with van der Waals surface area (Å²) in [5.74, 6) is -0.431. The Bertz CT molecular complexity index is 371. The van der Waals surface area contributed by atoms with Crippen molar-refractivity contribution < 1.29 is 17.9 Å². The molecule has 7 heteroatoms. The lowest BCUT2D eigenvalue weighted by atomic mass is 10.1. The summed E-state index contributed by atoms with van der Waals surface area (Å²) in [6.07, 6.45) is -2.63. The summed E-state index contributed by atoms with van der Waals surface area (Å²) >= 11 is 0. The molecular weight excluding hydrogens is 257 g/mol. The molecule has 1 aromatic heterocycles. The van der Waals surface area contributed by atoms with E-state index in [1.54, 1.807) is 6.92 Å². The van der Waals surface area contributed by atoms with Crippen LogP contribution in [0, 0.1) is 0 Å². The highest BCUT2D eigenvalue weighted by atomic mass is 35.5. The molecule has 0 radical (unpaired) electrons. The minimum atomic E-state index is -4.48. The van der Waals surface area contributed by atoms with Gasteiger partial charge in [0.05, 0.1) is 7.11 Å². The monoisotopic (exact) mass is 270 g/mol. The lowest BCUT2D eigenvalue weighted by molar-refractivity contribution is -0.139. The lowest BCUT2D eigenvalue weighted by Crippen LogP contribution is -2.14. The molecule has 0 fully saturated rings. The van der Waals surface area contributed by atoms with Gasteiger partial charge in [-0.05, 0) is 18.1 Å². The number of nitrogens with zero attached hydrogens (tertiary/aromatic N) is 1. The van der Waals surface area contributed by atoms with Crippen LogP contribution in [0.3, 0.4) is 0 Å². The predicted molar refractivity (Wildman–Crippen MR) is 60.3 cm³/mol. The summed E-state index contributed by atoms with van der Waals surface area (Å²) in [5.41, 5.74) is 5.11. The quantitative estimate of drug-likeness (QED) is 0.919. The van der Waals surface area contributed by atoms with Gasteiger partial charge in [-0.25, -0.2) is 4.98 Å². The first-order chi connectivity index (χ1) is 7.40. The highest BCUT2D eigenvalue weighted by molar-refractivity contribution is 5.85. The number of halogens is 4. The predicted octanol–water partition coefficient (Wildman–Crippen LogP) is 2.94. The van der Waals surface area contributed by atoms with Gasteiger partial charge in [-0.3, -0.25) is 0 Å². The van der Waals surface area contributed by atoms with Crippen molar-refractivity contribution in [3.63, 3.8) is 0 Å². The van der Waals surface area contributed by atoms with Crippen molar-refractivity contribution in [2.24, 2.45) is 5.73 Å². The van der Waals surface area contributed by atoms with Gasteiger partial charge < -0.3 is 10.5 Å². The number of hydrogen-bond acceptors (Lipinski definition) is 3. The van der Waals surface area contributed by atoms with Crippen LogP contribution in [-0.4, -0.2) is 12.1 Å². The molecule has 0 aliphatic heterocycles. The van der Waals surface area contributed by atoms with Crippen LogP contribution in [0.25, 0.3) is 0 Å². The molecule has 1 atom stereocenters. The average Bonchev–Trinajstić information content (AvgIpc) is 2.26. The zero-order valence-corrected chi connectivity index (χ0v) is 10.2. The first-order valence-electron chi connectivity index (χ1n) is 4.76. The molecule has 1 heterocycles. The lowest BCUT2D eigenvalue weighted by Gasteiger charge is -2.14. The van der Waals surface area contributed by atoms with Gasteiger partial charge in [0.25, 0.3) is 0 Å². The SMILES string of the molecule is CC[C@@H](N)c1cnc(OC)c(C(F)(F)F)c1.Cl. The van der Waals surface area contributed by atoms with Crippen molar-refractivity contribution in [2.75, 3.05) is 7.11 Å². The fourth-order valence-electron chi connectivity index (χ4n) is 1.27. The van der Waals surface area contributed by atoms with E-state index in [1.165, 1.54) is 6.20 Å². The highest BCUT2D eigenvalue weighted by Gasteiger charge is 2.35. The Balaban J connectivity index is 0.00000256. The number of aromatic nitrogens is 1. The van der Waals surface area contributed by atoms with Crippen LogP contribution < -0.4 is 10.5 Å². The minimum Gasteiger partial charge on any atom is -0.481 e. The minimum absolute atomic E-state index is 0. The van der Waals surface area contributed by atoms with Gasteiger partial charge in [0.1, 0.15) is 5.56 Å². The zero-order valence-electron chi connectivity index (χ0n) is 9.41. The second kappa shape index (κ2) is 6.07. The number of rotatable bonds is 3. The second-order valence-electron chi connectivity index (χ2n) is 3.34. The molecule has 3 nitrogen and oxygen atoms in total. The van der Waals surface area contributed by atoms with E-state index in [2.05, 4.69) is 9.72 Å². The molecule has 1 rings (SSSR count). The first kappa shape index (κ1) is 16.0. The number of methoxy groups -OCH3 is 1. The summed E-state index contributed by atoms with van der Waals surface area (Å²) in [5, 5.41) is 0. The zero-order chi connectivity index (χ0) is 12.3. The third-order valence-corrected chi connectivity index (χ3v) is 2.24. The summed E-state index contributed by atoms with van der Waals surface area (Å²) in [4.78, 5) is 3.61. The second-order valence-corrected chi connectivity index (χ2v) is 3.34. The molecule has 0 saturated heterocycles. The molecule has 17 heavy (non-hydrogen) atoms. The standard InChI is InChI=1S/C10H13F3N2O.ClH/c1-3-8(14)6-4-7(10(11,12)13)9(16-2)15-5-6;/h4-5,8H,3,14H2,1-2H3;1H/t8-;/m1./s1. The van der Waals surface area contributed by atoms with Crippen molar-refractivity contribution in [3.05, 3.63) is 23.4 Å². The number of ether oxygens (including phenoxy) is 1. The molecule has 0 aliphatic carbocycles. The van der Waals surface area contributed by atoms with Crippen molar-refractivity contribution in [2.45, 2.75) is 25.6 Å². The van der Waals surface area contributed by atoms with Crippen molar-refractivity contribution in [1.29, 1.82) is 0 Å². The molecule has 0 saturated carbocycles. The summed E-state index contributed by atoms with van der Waals surface area (Å²) < 4.78 is 42.4. The van der Waals surface area contributed by atoms with E-state index in [1.807, 2.05) is 0 Å². The van der Waals surface area contributed by atoms with E-state index in [4.69, 9.17) is 5.73 Å². The molecule has 1 aromatic rings. The van der Waals surface area contributed by atoms with Crippen LogP contribution in [0.4, 0.5) is 13.2 Å². The molecule has 0 amide bonds. The third-order valence-electron chi connectivity index (χ3n) is 2.24. The Hall–Kier alpha value is -1.01. The van der Waals surface area contributed by atoms with Crippen LogP contribution in [-0.2, 0) is 6.18 Å². The molecule has 0 aliphatic rings. The smallest absolute Gasteiger partial charge is 0.421 e. The number of pyridine rings is 1. The van der Waals surface area contributed by atoms with Crippen molar-refractivity contribution in [1.82, 2.24) is 4.98 Å². The number of alkyl halides is 3. The van der Waals surface area contributed by atoms with Crippen molar-refractivity contribution >= 4 is 12.4 Å². The molecular formula is C10H14ClF3N2O. The Morgan fingerprint density at radius 1 is 1.47 bits per heavy atom. The summed E-state index contributed by atoms with van der Waals surface area (Å²) in [7, 11) is 1.15. The maximum atomic E-state index is 12.6. The van der Waals surface area contributed by atoms with E-state index < -0.39 is 23.7 Å². The van der Waals surface area contributed by atoms with Crippen LogP contribution in [0.1, 0.15) is 30.5 Å². The summed E-state index contributed by atoms with van der Waals surface area (Å²) in [6, 6.07) is 0.541. The van der Waals surface area contributed by atoms with Crippen LogP contribution >= 0.6 is 12.4 Å². The molecule has 98 valence electrons. The molecule has 2 N–H and O–H groups in total. The Morgan fingerprint density at radius 3 is 2.47 bits per heavy atom. The van der Waals surface area contributed by atoms with E-state index in [0.717, 1.165) is 13.2 Å². The maximum Gasteiger partial charge on any atom is 0.421 e. The van der Waals surface area contributed by atoms with Gasteiger partial charge in [0.2, 0.25) is 5.88 Å². The van der Waals surface area contributed by atoms with Crippen molar-refractivity contribution in [3.8, 4) is 5.88 Å². The van der Waals surface area contributed by atoms with E-state index in [0.29, 0.717) is 12.0 Å². The molecule has 0 spiro atoms. The normalized spacial score (nSPS) is 12.8. The van der Waals surface area contributed by atoms with Gasteiger partial charge in [-0.2, -0.15) is 13.2 Å². The highest BCUT2D eigenvalue weighted by Crippen LogP contribution is 2.36. The van der Waals surface area contributed by atoms with Gasteiger partial charge in [0, 0.05) is 12.2 Å². The molecule has 0 unspecified atom stereocenters. The van der Waals surface area contributed by atoms with Crippen LogP contribution in [0.2, 0.25) is 0 Å². The molecule has 0 aromatic carbocycles. The topological polar surface area (TPSA) is 48.1 Å². The van der Waals surface area contributed by atoms with Crippen LogP contribution in [0.15, 0.2) is 12.3 Å². The Morgan fingerprint density at radius 2 is 2.06 bits per heavy atom. The first-order valence-corrected chi connectivity index (χ1v) is 4.76. The van der Waals surface area contributed by atoms with Gasteiger partial charge in [0.15, 0.2) is 0 Å². The fourth-order valence-corrected chi connectivity index (χ4v) is 1.27. The van der Waals surface area contributed by atoms with Gasteiger partial charge in [-0.15, -0.1) is 12.4 Å². The number of hydrogen-bond donors (Lipinski definition) is 1. The Labute approximate surface area is 104 Å². The maximum absolute atomic E-state index is 12.6. The van der Waals surface area contributed by atoms with E-state index in [-0.39, 0.29) is 12.4 Å². The number of nitrogens with two attached hydrogens (primary N) is 1. The van der Waals surface area contributed by atoms with E-state index >= 15 is 0 Å². The van der Waals surface area contributed by atoms with Gasteiger partial charge in [-0.1, -0.05) is 6.92 Å². The average molecular weight is 271 g/mol. The summed E-state index contributed by atoms with van der Waals surface area (Å²) in [6.45, 7) is 1.79. The Kier molecular flexibility index (Phi) is 5.71. The van der Waals surface area contributed by atoms with Gasteiger partial charge >= 0.3 is 6.18 Å². The van der Waals surface area contributed by atoms with Crippen LogP contribution in [0.5, 0.6) is 5.88 Å². The fraction of sp³-hybridized carbons (Fsp3) is 0.500.